The lowest BCUT2D eigenvalue weighted by Gasteiger charge is -2.16. The molecule has 0 aliphatic heterocycles. The van der Waals surface area contributed by atoms with E-state index in [1.165, 1.54) is 12.1 Å². The molecule has 0 aliphatic carbocycles. The highest BCUT2D eigenvalue weighted by atomic mass is 16.6. The van der Waals surface area contributed by atoms with Gasteiger partial charge >= 0.3 is 0 Å². The minimum absolute atomic E-state index is 0.0386. The van der Waals surface area contributed by atoms with Crippen LogP contribution in [0.5, 0.6) is 0 Å². The second-order valence-electron chi connectivity index (χ2n) is 3.50. The maximum Gasteiger partial charge on any atom is 0.274 e. The first-order valence-corrected chi connectivity index (χ1v) is 4.86. The summed E-state index contributed by atoms with van der Waals surface area (Å²) < 4.78 is 0. The highest BCUT2D eigenvalue weighted by molar-refractivity contribution is 5.43. The summed E-state index contributed by atoms with van der Waals surface area (Å²) >= 11 is 0. The predicted molar refractivity (Wildman–Crippen MR) is 57.1 cm³/mol. The molecule has 0 radical (unpaired) electrons. The number of aliphatic hydroxyl groups excluding tert-OH is 4. The smallest absolute Gasteiger partial charge is 0.274 e. The maximum atomic E-state index is 10.6. The predicted octanol–water partition coefficient (Wildman–Crippen LogP) is -0.526. The van der Waals surface area contributed by atoms with Gasteiger partial charge in [-0.3, -0.25) is 10.1 Å². The summed E-state index contributed by atoms with van der Waals surface area (Å²) in [6, 6.07) is 3.62. The van der Waals surface area contributed by atoms with Gasteiger partial charge < -0.3 is 20.4 Å². The number of nitrogens with zero attached hydrogens (tertiary/aromatic N) is 1. The van der Waals surface area contributed by atoms with Crippen molar-refractivity contribution in [2.24, 2.45) is 0 Å². The SMILES string of the molecule is O=[N+]([O-])c1ccc(C(O)C(O)CO)cc1CO. The molecule has 7 nitrogen and oxygen atoms in total. The molecule has 0 saturated heterocycles. The highest BCUT2D eigenvalue weighted by Gasteiger charge is 2.21. The number of nitro groups is 1. The Hall–Kier alpha value is -1.54. The van der Waals surface area contributed by atoms with Gasteiger partial charge in [-0.2, -0.15) is 0 Å². The molecule has 0 amide bonds. The monoisotopic (exact) mass is 243 g/mol. The first kappa shape index (κ1) is 13.5. The Morgan fingerprint density at radius 2 is 1.94 bits per heavy atom. The van der Waals surface area contributed by atoms with Gasteiger partial charge in [0.15, 0.2) is 0 Å². The third-order valence-electron chi connectivity index (χ3n) is 2.36. The van der Waals surface area contributed by atoms with E-state index in [0.717, 1.165) is 6.07 Å². The molecule has 1 rings (SSSR count). The molecule has 4 N–H and O–H groups in total. The van der Waals surface area contributed by atoms with Crippen molar-refractivity contribution in [3.8, 4) is 0 Å². The summed E-state index contributed by atoms with van der Waals surface area (Å²) in [6.07, 6.45) is -2.73. The average Bonchev–Trinajstić information content (AvgIpc) is 2.35. The third-order valence-corrected chi connectivity index (χ3v) is 2.36. The van der Waals surface area contributed by atoms with E-state index in [9.17, 15) is 20.3 Å². The van der Waals surface area contributed by atoms with E-state index in [1.54, 1.807) is 0 Å². The van der Waals surface area contributed by atoms with Gasteiger partial charge in [0.1, 0.15) is 12.2 Å². The summed E-state index contributed by atoms with van der Waals surface area (Å²) in [5, 5.41) is 47.0. The van der Waals surface area contributed by atoms with Crippen molar-refractivity contribution in [3.63, 3.8) is 0 Å². The minimum atomic E-state index is -1.37. The van der Waals surface area contributed by atoms with E-state index in [0.29, 0.717) is 0 Å². The van der Waals surface area contributed by atoms with Crippen LogP contribution in [0.3, 0.4) is 0 Å². The molecule has 2 atom stereocenters. The largest absolute Gasteiger partial charge is 0.394 e. The standard InChI is InChI=1S/C10H13NO6/c12-4-7-3-6(10(15)9(14)5-13)1-2-8(7)11(16)17/h1-3,9-10,12-15H,4-5H2. The topological polar surface area (TPSA) is 124 Å². The zero-order valence-electron chi connectivity index (χ0n) is 8.85. The van der Waals surface area contributed by atoms with E-state index in [1.807, 2.05) is 0 Å². The molecule has 7 heteroatoms. The number of nitro benzene ring substituents is 1. The van der Waals surface area contributed by atoms with Crippen LogP contribution < -0.4 is 0 Å². The van der Waals surface area contributed by atoms with Crippen molar-refractivity contribution < 1.29 is 25.3 Å². The Morgan fingerprint density at radius 1 is 1.29 bits per heavy atom. The molecule has 0 bridgehead atoms. The van der Waals surface area contributed by atoms with Crippen LogP contribution in [0, 0.1) is 10.1 Å². The molecule has 2 unspecified atom stereocenters. The summed E-state index contributed by atoms with van der Waals surface area (Å²) in [5.41, 5.74) is -0.0279. The van der Waals surface area contributed by atoms with Crippen molar-refractivity contribution in [1.82, 2.24) is 0 Å². The van der Waals surface area contributed by atoms with Crippen molar-refractivity contribution in [3.05, 3.63) is 39.4 Å². The number of hydrogen-bond donors (Lipinski definition) is 4. The Kier molecular flexibility index (Phi) is 4.53. The normalized spacial score (nSPS) is 14.4. The molecule has 0 saturated carbocycles. The van der Waals surface area contributed by atoms with Crippen molar-refractivity contribution in [2.45, 2.75) is 18.8 Å². The molecule has 17 heavy (non-hydrogen) atoms. The van der Waals surface area contributed by atoms with Gasteiger partial charge in [-0.15, -0.1) is 0 Å². The van der Waals surface area contributed by atoms with Crippen LogP contribution in [0.15, 0.2) is 18.2 Å². The lowest BCUT2D eigenvalue weighted by Crippen LogP contribution is -2.22. The maximum absolute atomic E-state index is 10.6. The fourth-order valence-electron chi connectivity index (χ4n) is 1.42. The molecule has 0 heterocycles. The fraction of sp³-hybridized carbons (Fsp3) is 0.400. The van der Waals surface area contributed by atoms with E-state index in [-0.39, 0.29) is 16.8 Å². The number of hydrogen-bond acceptors (Lipinski definition) is 6. The molecule has 1 aromatic carbocycles. The van der Waals surface area contributed by atoms with Crippen molar-refractivity contribution >= 4 is 5.69 Å². The van der Waals surface area contributed by atoms with Gasteiger partial charge in [0.05, 0.1) is 23.7 Å². The first-order valence-electron chi connectivity index (χ1n) is 4.86. The number of benzene rings is 1. The molecular weight excluding hydrogens is 230 g/mol. The van der Waals surface area contributed by atoms with Crippen molar-refractivity contribution in [1.29, 1.82) is 0 Å². The molecule has 1 aromatic rings. The number of aliphatic hydroxyl groups is 4. The zero-order chi connectivity index (χ0) is 13.0. The Morgan fingerprint density at radius 3 is 2.41 bits per heavy atom. The second-order valence-corrected chi connectivity index (χ2v) is 3.50. The van der Waals surface area contributed by atoms with Gasteiger partial charge in [0, 0.05) is 6.07 Å². The average molecular weight is 243 g/mol. The van der Waals surface area contributed by atoms with E-state index in [2.05, 4.69) is 0 Å². The van der Waals surface area contributed by atoms with Gasteiger partial charge in [0.2, 0.25) is 0 Å². The van der Waals surface area contributed by atoms with Gasteiger partial charge in [-0.05, 0) is 17.7 Å². The van der Waals surface area contributed by atoms with Gasteiger partial charge in [-0.1, -0.05) is 0 Å². The second kappa shape index (κ2) is 5.69. The van der Waals surface area contributed by atoms with E-state index >= 15 is 0 Å². The highest BCUT2D eigenvalue weighted by Crippen LogP contribution is 2.25. The lowest BCUT2D eigenvalue weighted by atomic mass is 10.0. The van der Waals surface area contributed by atoms with Gasteiger partial charge in [0.25, 0.3) is 5.69 Å². The quantitative estimate of drug-likeness (QED) is 0.407. The van der Waals surface area contributed by atoms with E-state index in [4.69, 9.17) is 10.2 Å². The van der Waals surface area contributed by atoms with Crippen LogP contribution in [0.4, 0.5) is 5.69 Å². The molecule has 0 fully saturated rings. The van der Waals surface area contributed by atoms with Crippen molar-refractivity contribution in [2.75, 3.05) is 6.61 Å². The summed E-state index contributed by atoms with van der Waals surface area (Å²) in [4.78, 5) is 9.95. The molecule has 94 valence electrons. The first-order chi connectivity index (χ1) is 8.01. The molecular formula is C10H13NO6. The molecule has 0 spiro atoms. The van der Waals surface area contributed by atoms with Crippen LogP contribution in [0.2, 0.25) is 0 Å². The fourth-order valence-corrected chi connectivity index (χ4v) is 1.42. The Balaban J connectivity index is 3.09. The van der Waals surface area contributed by atoms with Crippen LogP contribution in [0.25, 0.3) is 0 Å². The van der Waals surface area contributed by atoms with Crippen LogP contribution in [-0.4, -0.2) is 38.1 Å². The third kappa shape index (κ3) is 2.98. The Labute approximate surface area is 96.7 Å². The van der Waals surface area contributed by atoms with E-state index < -0.39 is 30.3 Å². The number of rotatable bonds is 5. The zero-order valence-corrected chi connectivity index (χ0v) is 8.85. The molecule has 0 aromatic heterocycles. The lowest BCUT2D eigenvalue weighted by molar-refractivity contribution is -0.385. The summed E-state index contributed by atoms with van der Waals surface area (Å²) in [7, 11) is 0. The Bertz CT molecular complexity index is 408. The molecule has 0 aliphatic rings. The van der Waals surface area contributed by atoms with Crippen LogP contribution >= 0.6 is 0 Å². The summed E-state index contributed by atoms with van der Waals surface area (Å²) in [5.74, 6) is 0. The minimum Gasteiger partial charge on any atom is -0.394 e. The van der Waals surface area contributed by atoms with Crippen LogP contribution in [0.1, 0.15) is 17.2 Å². The van der Waals surface area contributed by atoms with Crippen LogP contribution in [-0.2, 0) is 6.61 Å². The summed E-state index contributed by atoms with van der Waals surface area (Å²) in [6.45, 7) is -1.18. The van der Waals surface area contributed by atoms with Gasteiger partial charge in [-0.25, -0.2) is 0 Å².